The first kappa shape index (κ1) is 22.5. The van der Waals surface area contributed by atoms with Gasteiger partial charge < -0.3 is 24.2 Å². The molecule has 180 valence electrons. The van der Waals surface area contributed by atoms with Crippen molar-refractivity contribution in [1.29, 1.82) is 0 Å². The van der Waals surface area contributed by atoms with Gasteiger partial charge >= 0.3 is 0 Å². The van der Waals surface area contributed by atoms with Crippen LogP contribution in [0.4, 0.5) is 10.2 Å². The van der Waals surface area contributed by atoms with Crippen molar-refractivity contribution in [1.82, 2.24) is 19.7 Å². The van der Waals surface area contributed by atoms with Gasteiger partial charge in [-0.25, -0.2) is 9.07 Å². The highest BCUT2D eigenvalue weighted by atomic mass is 35.5. The normalized spacial score (nSPS) is 23.3. The summed E-state index contributed by atoms with van der Waals surface area (Å²) in [5.74, 6) is 0.537. The quantitative estimate of drug-likeness (QED) is 0.387. The van der Waals surface area contributed by atoms with Crippen LogP contribution < -0.4 is 4.90 Å². The fraction of sp³-hybridized carbons (Fsp3) is 0.500. The Balaban J connectivity index is 1.22. The third kappa shape index (κ3) is 3.86. The molecule has 2 unspecified atom stereocenters. The standard InChI is InChI=1S/C22H24ClFN5O4P/c23-21-26-19(28-10-22(11-28)6-5-13-1-2-14(24)7-17(13)22)16-8-25-29(20(16)27-21)18-4-3-15(33-18)9-32-12-34(30)31/h1-2,7-8,15,18,30-31H,3-6,9-12H2. The summed E-state index contributed by atoms with van der Waals surface area (Å²) in [5, 5.41) is 5.47. The van der Waals surface area contributed by atoms with Gasteiger partial charge in [-0.3, -0.25) is 0 Å². The van der Waals surface area contributed by atoms with Crippen LogP contribution in [0.25, 0.3) is 11.0 Å². The fourth-order valence-corrected chi connectivity index (χ4v) is 5.95. The Morgan fingerprint density at radius 2 is 2.12 bits per heavy atom. The zero-order chi connectivity index (χ0) is 23.4. The van der Waals surface area contributed by atoms with E-state index < -0.39 is 8.38 Å². The second kappa shape index (κ2) is 8.62. The van der Waals surface area contributed by atoms with Gasteiger partial charge in [-0.05, 0) is 60.5 Å². The number of benzene rings is 1. The summed E-state index contributed by atoms with van der Waals surface area (Å²) >= 11 is 6.32. The lowest BCUT2D eigenvalue weighted by Crippen LogP contribution is -2.58. The molecule has 0 radical (unpaired) electrons. The summed E-state index contributed by atoms with van der Waals surface area (Å²) in [4.78, 5) is 29.1. The highest BCUT2D eigenvalue weighted by Crippen LogP contribution is 2.48. The minimum absolute atomic E-state index is 0.0531. The van der Waals surface area contributed by atoms with Crippen LogP contribution in [-0.4, -0.2) is 61.7 Å². The summed E-state index contributed by atoms with van der Waals surface area (Å²) in [6, 6.07) is 5.12. The third-order valence-electron chi connectivity index (χ3n) is 7.08. The number of fused-ring (bicyclic) bond motifs is 3. The van der Waals surface area contributed by atoms with E-state index in [1.54, 1.807) is 16.9 Å². The van der Waals surface area contributed by atoms with Crippen molar-refractivity contribution in [3.63, 3.8) is 0 Å². The zero-order valence-electron chi connectivity index (χ0n) is 18.3. The smallest absolute Gasteiger partial charge is 0.226 e. The Morgan fingerprint density at radius 1 is 1.26 bits per heavy atom. The van der Waals surface area contributed by atoms with E-state index in [9.17, 15) is 4.39 Å². The summed E-state index contributed by atoms with van der Waals surface area (Å²) in [7, 11) is -2.07. The van der Waals surface area contributed by atoms with Crippen LogP contribution in [-0.2, 0) is 21.3 Å². The molecule has 1 spiro atoms. The van der Waals surface area contributed by atoms with E-state index in [1.165, 1.54) is 11.6 Å². The van der Waals surface area contributed by atoms with Gasteiger partial charge in [0.1, 0.15) is 18.0 Å². The number of rotatable bonds is 6. The van der Waals surface area contributed by atoms with Crippen LogP contribution in [0.2, 0.25) is 5.28 Å². The van der Waals surface area contributed by atoms with Gasteiger partial charge in [-0.2, -0.15) is 15.1 Å². The molecule has 0 amide bonds. The molecule has 0 saturated carbocycles. The molecule has 1 aliphatic carbocycles. The molecule has 12 heteroatoms. The molecule has 3 aliphatic rings. The van der Waals surface area contributed by atoms with Crippen molar-refractivity contribution in [2.24, 2.45) is 0 Å². The first-order valence-corrected chi connectivity index (χ1v) is 13.1. The molecule has 6 rings (SSSR count). The van der Waals surface area contributed by atoms with E-state index in [2.05, 4.69) is 20.0 Å². The first-order valence-electron chi connectivity index (χ1n) is 11.2. The molecule has 1 aromatic carbocycles. The van der Waals surface area contributed by atoms with E-state index in [1.807, 2.05) is 6.07 Å². The molecule has 2 N–H and O–H groups in total. The molecule has 9 nitrogen and oxygen atoms in total. The minimum Gasteiger partial charge on any atom is -0.369 e. The van der Waals surface area contributed by atoms with Crippen molar-refractivity contribution in [3.8, 4) is 0 Å². The van der Waals surface area contributed by atoms with E-state index >= 15 is 0 Å². The molecule has 2 atom stereocenters. The number of nitrogens with zero attached hydrogens (tertiary/aromatic N) is 5. The van der Waals surface area contributed by atoms with E-state index in [4.69, 9.17) is 30.9 Å². The predicted molar refractivity (Wildman–Crippen MR) is 124 cm³/mol. The Bertz CT molecular complexity index is 1240. The van der Waals surface area contributed by atoms with Crippen LogP contribution in [0.3, 0.4) is 0 Å². The Labute approximate surface area is 201 Å². The average molecular weight is 508 g/mol. The van der Waals surface area contributed by atoms with Gasteiger partial charge in [0, 0.05) is 18.5 Å². The fourth-order valence-electron chi connectivity index (χ4n) is 5.52. The van der Waals surface area contributed by atoms with Gasteiger partial charge in [-0.1, -0.05) is 6.07 Å². The highest BCUT2D eigenvalue weighted by molar-refractivity contribution is 7.44. The second-order valence-electron chi connectivity index (χ2n) is 9.24. The second-order valence-corrected chi connectivity index (χ2v) is 10.6. The molecule has 2 saturated heterocycles. The van der Waals surface area contributed by atoms with Crippen molar-refractivity contribution in [2.45, 2.75) is 43.4 Å². The van der Waals surface area contributed by atoms with Crippen molar-refractivity contribution in [2.75, 3.05) is 30.9 Å². The van der Waals surface area contributed by atoms with Gasteiger partial charge in [0.15, 0.2) is 20.3 Å². The monoisotopic (exact) mass is 507 g/mol. The molecular weight excluding hydrogens is 484 g/mol. The number of halogens is 2. The number of aromatic nitrogens is 4. The van der Waals surface area contributed by atoms with Gasteiger partial charge in [-0.15, -0.1) is 0 Å². The molecule has 0 bridgehead atoms. The van der Waals surface area contributed by atoms with Crippen molar-refractivity contribution >= 4 is 36.8 Å². The molecule has 3 aromatic rings. The molecule has 2 aromatic heterocycles. The van der Waals surface area contributed by atoms with E-state index in [0.717, 1.165) is 55.5 Å². The summed E-state index contributed by atoms with van der Waals surface area (Å²) in [5.41, 5.74) is 2.89. The third-order valence-corrected chi connectivity index (χ3v) is 7.66. The Morgan fingerprint density at radius 3 is 2.94 bits per heavy atom. The van der Waals surface area contributed by atoms with Gasteiger partial charge in [0.25, 0.3) is 0 Å². The number of ether oxygens (including phenoxy) is 2. The maximum absolute atomic E-state index is 13.9. The lowest BCUT2D eigenvalue weighted by atomic mass is 9.74. The lowest BCUT2D eigenvalue weighted by molar-refractivity contribution is -0.0384. The average Bonchev–Trinajstić information content (AvgIpc) is 3.48. The molecule has 2 fully saturated rings. The first-order chi connectivity index (χ1) is 16.4. The largest absolute Gasteiger partial charge is 0.369 e. The zero-order valence-corrected chi connectivity index (χ0v) is 19.9. The minimum atomic E-state index is -2.07. The van der Waals surface area contributed by atoms with E-state index in [-0.39, 0.29) is 41.8 Å². The Kier molecular flexibility index (Phi) is 5.71. The van der Waals surface area contributed by atoms with Gasteiger partial charge in [0.05, 0.1) is 24.3 Å². The summed E-state index contributed by atoms with van der Waals surface area (Å²) in [6.45, 7) is 1.78. The van der Waals surface area contributed by atoms with Crippen LogP contribution in [0.1, 0.15) is 36.6 Å². The highest BCUT2D eigenvalue weighted by Gasteiger charge is 2.49. The number of hydrogen-bond donors (Lipinski definition) is 2. The maximum Gasteiger partial charge on any atom is 0.226 e. The molecular formula is C22H24ClFN5O4P. The van der Waals surface area contributed by atoms with Crippen LogP contribution in [0.5, 0.6) is 0 Å². The van der Waals surface area contributed by atoms with Crippen LogP contribution in [0, 0.1) is 5.82 Å². The topological polar surface area (TPSA) is 106 Å². The summed E-state index contributed by atoms with van der Waals surface area (Å²) < 4.78 is 27.0. The van der Waals surface area contributed by atoms with Crippen LogP contribution >= 0.6 is 20.0 Å². The summed E-state index contributed by atoms with van der Waals surface area (Å²) in [6.07, 6.45) is 4.62. The predicted octanol–water partition coefficient (Wildman–Crippen LogP) is 3.27. The van der Waals surface area contributed by atoms with Crippen molar-refractivity contribution in [3.05, 3.63) is 46.6 Å². The SMILES string of the molecule is OP(O)COCC1CCC(n2ncc3c(N4CC5(CCc6ccc(F)cc65)C4)nc(Cl)nc32)O1. The number of hydrogen-bond acceptors (Lipinski definition) is 8. The number of anilines is 1. The van der Waals surface area contributed by atoms with E-state index in [0.29, 0.717) is 5.65 Å². The Hall–Kier alpha value is -1.94. The molecule has 4 heterocycles. The maximum atomic E-state index is 13.9. The van der Waals surface area contributed by atoms with Crippen LogP contribution in [0.15, 0.2) is 24.4 Å². The lowest BCUT2D eigenvalue weighted by Gasteiger charge is -2.49. The number of aryl methyl sites for hydroxylation is 1. The molecule has 34 heavy (non-hydrogen) atoms. The molecule has 2 aliphatic heterocycles. The van der Waals surface area contributed by atoms with Gasteiger partial charge in [0.2, 0.25) is 5.28 Å². The van der Waals surface area contributed by atoms with Crippen molar-refractivity contribution < 1.29 is 23.7 Å².